The van der Waals surface area contributed by atoms with Crippen molar-refractivity contribution in [2.75, 3.05) is 13.6 Å². The van der Waals surface area contributed by atoms with E-state index in [1.807, 2.05) is 26.1 Å². The van der Waals surface area contributed by atoms with E-state index in [-0.39, 0.29) is 5.91 Å². The van der Waals surface area contributed by atoms with Gasteiger partial charge in [0.1, 0.15) is 5.70 Å². The van der Waals surface area contributed by atoms with Gasteiger partial charge in [0.25, 0.3) is 5.91 Å². The van der Waals surface area contributed by atoms with Crippen LogP contribution in [-0.2, 0) is 4.79 Å². The molecule has 148 valence electrons. The normalized spacial score (nSPS) is 16.0. The van der Waals surface area contributed by atoms with Crippen molar-refractivity contribution in [3.05, 3.63) is 69.6 Å². The van der Waals surface area contributed by atoms with Gasteiger partial charge in [-0.1, -0.05) is 40.2 Å². The van der Waals surface area contributed by atoms with E-state index >= 15 is 0 Å². The molecule has 1 fully saturated rings. The lowest BCUT2D eigenvalue weighted by Gasteiger charge is -2.14. The molecule has 6 heteroatoms. The zero-order valence-electron chi connectivity index (χ0n) is 16.9. The summed E-state index contributed by atoms with van der Waals surface area (Å²) in [6.45, 7) is 6.69. The zero-order chi connectivity index (χ0) is 20.9. The number of benzene rings is 2. The van der Waals surface area contributed by atoms with Crippen LogP contribution < -0.4 is 0 Å². The van der Waals surface area contributed by atoms with Gasteiger partial charge in [0.2, 0.25) is 0 Å². The number of nitrogens with zero attached hydrogens (tertiary/aromatic N) is 3. The van der Waals surface area contributed by atoms with Gasteiger partial charge >= 0.3 is 0 Å². The summed E-state index contributed by atoms with van der Waals surface area (Å²) in [5.41, 5.74) is 4.96. The lowest BCUT2D eigenvalue weighted by molar-refractivity contribution is -0.122. The maximum absolute atomic E-state index is 12.8. The summed E-state index contributed by atoms with van der Waals surface area (Å²) in [4.78, 5) is 16.2. The molecule has 1 aliphatic heterocycles. The first kappa shape index (κ1) is 19.9. The van der Waals surface area contributed by atoms with Crippen molar-refractivity contribution in [2.24, 2.45) is 0 Å². The summed E-state index contributed by atoms with van der Waals surface area (Å²) in [5.74, 6) is -0.0427. The van der Waals surface area contributed by atoms with Crippen LogP contribution in [0.25, 0.3) is 22.5 Å². The summed E-state index contributed by atoms with van der Waals surface area (Å²) in [5, 5.41) is 2.90. The SMILES string of the molecule is CCN1C(=O)/C(=C/c2cc(C)n(-c3ccc(Br)c4ccccc34)c2C)N(C)C1=S. The Morgan fingerprint density at radius 1 is 1.10 bits per heavy atom. The third-order valence-corrected chi connectivity index (χ3v) is 6.70. The minimum Gasteiger partial charge on any atom is -0.317 e. The molecular formula is C23H22BrN3OS. The van der Waals surface area contributed by atoms with Gasteiger partial charge in [-0.15, -0.1) is 0 Å². The van der Waals surface area contributed by atoms with Crippen LogP contribution >= 0.6 is 28.1 Å². The van der Waals surface area contributed by atoms with Crippen molar-refractivity contribution in [1.82, 2.24) is 14.4 Å². The van der Waals surface area contributed by atoms with Gasteiger partial charge in [0.15, 0.2) is 5.11 Å². The Labute approximate surface area is 184 Å². The third-order valence-electron chi connectivity index (χ3n) is 5.51. The first-order valence-electron chi connectivity index (χ1n) is 9.53. The Morgan fingerprint density at radius 3 is 2.45 bits per heavy atom. The second-order valence-corrected chi connectivity index (χ2v) is 8.41. The number of aromatic nitrogens is 1. The van der Waals surface area contributed by atoms with Crippen LogP contribution in [0.4, 0.5) is 0 Å². The summed E-state index contributed by atoms with van der Waals surface area (Å²) in [6.07, 6.45) is 1.95. The first-order chi connectivity index (χ1) is 13.8. The Hall–Kier alpha value is -2.44. The molecule has 0 unspecified atom stereocenters. The third kappa shape index (κ3) is 3.11. The molecule has 0 saturated carbocycles. The summed E-state index contributed by atoms with van der Waals surface area (Å²) < 4.78 is 3.32. The minimum atomic E-state index is -0.0427. The maximum Gasteiger partial charge on any atom is 0.276 e. The number of carbonyl (C=O) groups is 1. The molecular weight excluding hydrogens is 446 g/mol. The van der Waals surface area contributed by atoms with Crippen LogP contribution in [0.3, 0.4) is 0 Å². The summed E-state index contributed by atoms with van der Waals surface area (Å²) >= 11 is 9.08. The predicted octanol–water partition coefficient (Wildman–Crippen LogP) is 5.43. The molecule has 3 aromatic rings. The molecule has 4 rings (SSSR count). The van der Waals surface area contributed by atoms with Crippen LogP contribution in [0.5, 0.6) is 0 Å². The number of hydrogen-bond donors (Lipinski definition) is 0. The van der Waals surface area contributed by atoms with Gasteiger partial charge < -0.3 is 9.47 Å². The van der Waals surface area contributed by atoms with Crippen molar-refractivity contribution in [1.29, 1.82) is 0 Å². The molecule has 0 atom stereocenters. The molecule has 2 heterocycles. The van der Waals surface area contributed by atoms with E-state index in [1.54, 1.807) is 9.80 Å². The molecule has 1 saturated heterocycles. The number of hydrogen-bond acceptors (Lipinski definition) is 2. The van der Waals surface area contributed by atoms with E-state index in [4.69, 9.17) is 12.2 Å². The standard InChI is InChI=1S/C23H22BrN3OS/c1-5-26-22(28)21(25(4)23(26)29)13-16-12-14(2)27(15(16)3)20-11-10-19(24)17-8-6-7-9-18(17)20/h6-13H,5H2,1-4H3/b21-13-. The zero-order valence-corrected chi connectivity index (χ0v) is 19.3. The van der Waals surface area contributed by atoms with Gasteiger partial charge in [-0.05, 0) is 68.2 Å². The van der Waals surface area contributed by atoms with Crippen LogP contribution in [-0.4, -0.2) is 39.0 Å². The number of amides is 1. The summed E-state index contributed by atoms with van der Waals surface area (Å²) in [6, 6.07) is 14.7. The Morgan fingerprint density at radius 2 is 1.79 bits per heavy atom. The van der Waals surface area contributed by atoms with Gasteiger partial charge in [-0.25, -0.2) is 0 Å². The molecule has 0 bridgehead atoms. The Balaban J connectivity index is 1.87. The van der Waals surface area contributed by atoms with Crippen molar-refractivity contribution < 1.29 is 4.79 Å². The van der Waals surface area contributed by atoms with Gasteiger partial charge in [-0.2, -0.15) is 0 Å². The summed E-state index contributed by atoms with van der Waals surface area (Å²) in [7, 11) is 1.85. The maximum atomic E-state index is 12.8. The fourth-order valence-corrected chi connectivity index (χ4v) is 4.77. The quantitative estimate of drug-likeness (QED) is 0.379. The molecule has 29 heavy (non-hydrogen) atoms. The molecule has 0 radical (unpaired) electrons. The lowest BCUT2D eigenvalue weighted by atomic mass is 10.1. The van der Waals surface area contributed by atoms with Crippen LogP contribution in [0.2, 0.25) is 0 Å². The second kappa shape index (κ2) is 7.43. The van der Waals surface area contributed by atoms with Crippen LogP contribution in [0.15, 0.2) is 52.6 Å². The lowest BCUT2D eigenvalue weighted by Crippen LogP contribution is -2.30. The molecule has 1 aromatic heterocycles. The van der Waals surface area contributed by atoms with Gasteiger partial charge in [0.05, 0.1) is 5.69 Å². The highest BCUT2D eigenvalue weighted by Crippen LogP contribution is 2.33. The second-order valence-electron chi connectivity index (χ2n) is 7.19. The largest absolute Gasteiger partial charge is 0.317 e. The molecule has 2 aromatic carbocycles. The van der Waals surface area contributed by atoms with Crippen molar-refractivity contribution in [3.63, 3.8) is 0 Å². The minimum absolute atomic E-state index is 0.0427. The molecule has 1 aliphatic rings. The number of thiocarbonyl (C=S) groups is 1. The average Bonchev–Trinajstić information content (AvgIpc) is 3.10. The highest BCUT2D eigenvalue weighted by Gasteiger charge is 2.34. The van der Waals surface area contributed by atoms with E-state index in [0.717, 1.165) is 27.1 Å². The highest BCUT2D eigenvalue weighted by atomic mass is 79.9. The van der Waals surface area contributed by atoms with Crippen LogP contribution in [0.1, 0.15) is 23.9 Å². The topological polar surface area (TPSA) is 28.5 Å². The fourth-order valence-electron chi connectivity index (χ4n) is 3.98. The van der Waals surface area contributed by atoms with Crippen molar-refractivity contribution in [3.8, 4) is 5.69 Å². The number of fused-ring (bicyclic) bond motifs is 1. The fraction of sp³-hybridized carbons (Fsp3) is 0.217. The van der Waals surface area contributed by atoms with Crippen molar-refractivity contribution in [2.45, 2.75) is 20.8 Å². The molecule has 0 spiro atoms. The van der Waals surface area contributed by atoms with E-state index in [9.17, 15) is 4.79 Å². The van der Waals surface area contributed by atoms with Crippen LogP contribution in [0, 0.1) is 13.8 Å². The smallest absolute Gasteiger partial charge is 0.276 e. The van der Waals surface area contributed by atoms with Gasteiger partial charge in [0, 0.05) is 34.8 Å². The first-order valence-corrected chi connectivity index (χ1v) is 10.7. The average molecular weight is 468 g/mol. The number of aryl methyl sites for hydroxylation is 1. The monoisotopic (exact) mass is 467 g/mol. The molecule has 4 nitrogen and oxygen atoms in total. The Kier molecular flexibility index (Phi) is 5.09. The molecule has 0 aliphatic carbocycles. The Bertz CT molecular complexity index is 1190. The van der Waals surface area contributed by atoms with E-state index in [2.05, 4.69) is 70.7 Å². The number of carbonyl (C=O) groups excluding carboxylic acids is 1. The molecule has 1 amide bonds. The number of rotatable bonds is 3. The van der Waals surface area contributed by atoms with E-state index < -0.39 is 0 Å². The van der Waals surface area contributed by atoms with Crippen molar-refractivity contribution >= 4 is 56.0 Å². The highest BCUT2D eigenvalue weighted by molar-refractivity contribution is 9.10. The molecule has 0 N–H and O–H groups in total. The van der Waals surface area contributed by atoms with Gasteiger partial charge in [-0.3, -0.25) is 9.69 Å². The van der Waals surface area contributed by atoms with E-state index in [1.165, 1.54) is 10.8 Å². The number of likely N-dealkylation sites (N-methyl/N-ethyl adjacent to an activating group) is 2. The number of halogens is 1. The predicted molar refractivity (Wildman–Crippen MR) is 126 cm³/mol. The van der Waals surface area contributed by atoms with E-state index in [0.29, 0.717) is 17.4 Å².